The summed E-state index contributed by atoms with van der Waals surface area (Å²) in [6.07, 6.45) is 1.99. The van der Waals surface area contributed by atoms with Crippen LogP contribution in [0.1, 0.15) is 18.4 Å². The Labute approximate surface area is 136 Å². The highest BCUT2D eigenvalue weighted by atomic mass is 35.5. The van der Waals surface area contributed by atoms with Crippen molar-refractivity contribution in [2.45, 2.75) is 18.6 Å². The summed E-state index contributed by atoms with van der Waals surface area (Å²) in [5.74, 6) is 2.37. The van der Waals surface area contributed by atoms with Crippen molar-refractivity contribution in [3.8, 4) is 0 Å². The van der Waals surface area contributed by atoms with E-state index in [0.717, 1.165) is 49.0 Å². The number of hydrogen-bond donors (Lipinski definition) is 1. The average Bonchev–Trinajstić information content (AvgIpc) is 2.91. The van der Waals surface area contributed by atoms with Crippen molar-refractivity contribution in [2.24, 2.45) is 5.92 Å². The first-order valence-corrected chi connectivity index (χ1v) is 8.97. The van der Waals surface area contributed by atoms with E-state index in [9.17, 15) is 4.79 Å². The Morgan fingerprint density at radius 3 is 3.00 bits per heavy atom. The van der Waals surface area contributed by atoms with Crippen molar-refractivity contribution in [3.05, 3.63) is 34.9 Å². The Bertz CT molecular complexity index is 469. The van der Waals surface area contributed by atoms with Crippen molar-refractivity contribution < 1.29 is 4.79 Å². The largest absolute Gasteiger partial charge is 0.356 e. The number of benzene rings is 1. The van der Waals surface area contributed by atoms with Gasteiger partial charge in [0.25, 0.3) is 0 Å². The molecule has 1 aliphatic rings. The number of thioether (sulfide) groups is 1. The summed E-state index contributed by atoms with van der Waals surface area (Å²) in [5, 5.41) is 3.89. The maximum absolute atomic E-state index is 11.9. The molecule has 0 saturated carbocycles. The van der Waals surface area contributed by atoms with Crippen LogP contribution in [0.3, 0.4) is 0 Å². The lowest BCUT2D eigenvalue weighted by atomic mass is 10.1. The fraction of sp³-hybridized carbons (Fsp3) is 0.562. The molecule has 1 aromatic carbocycles. The van der Waals surface area contributed by atoms with Crippen molar-refractivity contribution in [1.29, 1.82) is 0 Å². The molecule has 1 N–H and O–H groups in total. The second-order valence-electron chi connectivity index (χ2n) is 5.54. The molecule has 1 aromatic rings. The third kappa shape index (κ3) is 5.53. The molecule has 0 bridgehead atoms. The summed E-state index contributed by atoms with van der Waals surface area (Å²) in [4.78, 5) is 14.1. The molecule has 0 aromatic heterocycles. The highest BCUT2D eigenvalue weighted by molar-refractivity contribution is 7.98. The van der Waals surface area contributed by atoms with Gasteiger partial charge in [-0.1, -0.05) is 29.8 Å². The first kappa shape index (κ1) is 16.7. The molecule has 1 saturated heterocycles. The molecule has 1 amide bonds. The Morgan fingerprint density at radius 2 is 2.29 bits per heavy atom. The quantitative estimate of drug-likeness (QED) is 0.782. The summed E-state index contributed by atoms with van der Waals surface area (Å²) in [6, 6.07) is 7.96. The highest BCUT2D eigenvalue weighted by Gasteiger charge is 2.25. The van der Waals surface area contributed by atoms with Crippen LogP contribution in [0.2, 0.25) is 5.02 Å². The Hall–Kier alpha value is -0.710. The van der Waals surface area contributed by atoms with Crippen molar-refractivity contribution in [1.82, 2.24) is 10.2 Å². The third-order valence-corrected chi connectivity index (χ3v) is 5.20. The first-order valence-electron chi connectivity index (χ1n) is 7.44. The molecule has 116 valence electrons. The summed E-state index contributed by atoms with van der Waals surface area (Å²) in [5.41, 5.74) is 1.18. The van der Waals surface area contributed by atoms with Gasteiger partial charge in [0.15, 0.2) is 0 Å². The van der Waals surface area contributed by atoms with Gasteiger partial charge in [0.05, 0.1) is 5.92 Å². The Balaban J connectivity index is 1.54. The van der Waals surface area contributed by atoms with Gasteiger partial charge in [-0.15, -0.1) is 0 Å². The fourth-order valence-corrected chi connectivity index (χ4v) is 3.72. The monoisotopic (exact) mass is 326 g/mol. The van der Waals surface area contributed by atoms with Crippen LogP contribution in [0.4, 0.5) is 0 Å². The predicted molar refractivity (Wildman–Crippen MR) is 90.8 cm³/mol. The number of amides is 1. The van der Waals surface area contributed by atoms with Gasteiger partial charge in [0.2, 0.25) is 5.91 Å². The summed E-state index contributed by atoms with van der Waals surface area (Å²) in [7, 11) is 2.07. The van der Waals surface area contributed by atoms with Crippen LogP contribution in [-0.2, 0) is 10.5 Å². The van der Waals surface area contributed by atoms with E-state index in [0.29, 0.717) is 0 Å². The number of rotatable bonds is 7. The number of halogens is 1. The number of carbonyl (C=O) groups is 1. The summed E-state index contributed by atoms with van der Waals surface area (Å²) < 4.78 is 0. The predicted octanol–water partition coefficient (Wildman–Crippen LogP) is 3.03. The lowest BCUT2D eigenvalue weighted by Gasteiger charge is -2.11. The maximum atomic E-state index is 11.9. The molecule has 1 heterocycles. The highest BCUT2D eigenvalue weighted by Crippen LogP contribution is 2.21. The van der Waals surface area contributed by atoms with Gasteiger partial charge < -0.3 is 10.2 Å². The lowest BCUT2D eigenvalue weighted by Crippen LogP contribution is -2.33. The van der Waals surface area contributed by atoms with E-state index in [1.165, 1.54) is 5.56 Å². The molecule has 1 atom stereocenters. The van der Waals surface area contributed by atoms with Gasteiger partial charge in [-0.25, -0.2) is 0 Å². The van der Waals surface area contributed by atoms with Gasteiger partial charge in [-0.2, -0.15) is 11.8 Å². The number of hydrogen-bond acceptors (Lipinski definition) is 3. The molecule has 0 unspecified atom stereocenters. The number of nitrogens with one attached hydrogen (secondary N) is 1. The standard InChI is InChI=1S/C16H23ClN2OS/c1-19-9-7-13(11-19)16(20)18-8-4-10-21-12-14-5-2-3-6-15(14)17/h2-3,5-6,13H,4,7-12H2,1H3,(H,18,20)/t13-/m0/s1. The molecule has 0 aliphatic carbocycles. The van der Waals surface area contributed by atoms with Gasteiger partial charge in [0.1, 0.15) is 0 Å². The lowest BCUT2D eigenvalue weighted by molar-refractivity contribution is -0.124. The van der Waals surface area contributed by atoms with Crippen LogP contribution < -0.4 is 5.32 Å². The van der Waals surface area contributed by atoms with Crippen molar-refractivity contribution >= 4 is 29.3 Å². The SMILES string of the molecule is CN1CC[C@H](C(=O)NCCCSCc2ccccc2Cl)C1. The minimum atomic E-state index is 0.186. The van der Waals surface area contributed by atoms with Crippen LogP contribution in [0.25, 0.3) is 0 Å². The molecule has 0 radical (unpaired) electrons. The van der Waals surface area contributed by atoms with E-state index < -0.39 is 0 Å². The molecular formula is C16H23ClN2OS. The second kappa shape index (κ2) is 8.66. The van der Waals surface area contributed by atoms with Crippen LogP contribution >= 0.6 is 23.4 Å². The maximum Gasteiger partial charge on any atom is 0.224 e. The number of likely N-dealkylation sites (tertiary alicyclic amines) is 1. The van der Waals surface area contributed by atoms with E-state index in [1.54, 1.807) is 0 Å². The second-order valence-corrected chi connectivity index (χ2v) is 7.05. The van der Waals surface area contributed by atoms with Gasteiger partial charge in [-0.05, 0) is 43.8 Å². The zero-order chi connectivity index (χ0) is 15.1. The minimum Gasteiger partial charge on any atom is -0.356 e. The van der Waals surface area contributed by atoms with Gasteiger partial charge >= 0.3 is 0 Å². The molecule has 1 fully saturated rings. The van der Waals surface area contributed by atoms with Gasteiger partial charge in [0, 0.05) is 23.9 Å². The third-order valence-electron chi connectivity index (χ3n) is 3.74. The molecule has 3 nitrogen and oxygen atoms in total. The van der Waals surface area contributed by atoms with E-state index in [2.05, 4.69) is 23.3 Å². The molecule has 1 aliphatic heterocycles. The Kier molecular flexibility index (Phi) is 6.87. The summed E-state index contributed by atoms with van der Waals surface area (Å²) in [6.45, 7) is 2.70. The molecular weight excluding hydrogens is 304 g/mol. The average molecular weight is 327 g/mol. The van der Waals surface area contributed by atoms with Crippen molar-refractivity contribution in [2.75, 3.05) is 32.4 Å². The van der Waals surface area contributed by atoms with Crippen molar-refractivity contribution in [3.63, 3.8) is 0 Å². The van der Waals surface area contributed by atoms with Crippen LogP contribution in [0.5, 0.6) is 0 Å². The van der Waals surface area contributed by atoms with Gasteiger partial charge in [-0.3, -0.25) is 4.79 Å². The molecule has 21 heavy (non-hydrogen) atoms. The van der Waals surface area contributed by atoms with Crippen LogP contribution in [0, 0.1) is 5.92 Å². The normalized spacial score (nSPS) is 18.9. The van der Waals surface area contributed by atoms with E-state index >= 15 is 0 Å². The first-order chi connectivity index (χ1) is 10.2. The Morgan fingerprint density at radius 1 is 1.48 bits per heavy atom. The zero-order valence-corrected chi connectivity index (χ0v) is 14.1. The summed E-state index contributed by atoms with van der Waals surface area (Å²) >= 11 is 7.98. The molecule has 2 rings (SSSR count). The van der Waals surface area contributed by atoms with Crippen LogP contribution in [0.15, 0.2) is 24.3 Å². The van der Waals surface area contributed by atoms with E-state index in [-0.39, 0.29) is 11.8 Å². The molecule has 0 spiro atoms. The zero-order valence-electron chi connectivity index (χ0n) is 12.5. The number of carbonyl (C=O) groups excluding carboxylic acids is 1. The topological polar surface area (TPSA) is 32.3 Å². The molecule has 5 heteroatoms. The smallest absolute Gasteiger partial charge is 0.224 e. The van der Waals surface area contributed by atoms with E-state index in [1.807, 2.05) is 30.0 Å². The number of nitrogens with zero attached hydrogens (tertiary/aromatic N) is 1. The van der Waals surface area contributed by atoms with E-state index in [4.69, 9.17) is 11.6 Å². The van der Waals surface area contributed by atoms with Crippen LogP contribution in [-0.4, -0.2) is 43.2 Å². The minimum absolute atomic E-state index is 0.186. The fourth-order valence-electron chi connectivity index (χ4n) is 2.48.